The van der Waals surface area contributed by atoms with E-state index in [2.05, 4.69) is 15.3 Å². The lowest BCUT2D eigenvalue weighted by Gasteiger charge is -2.04. The third-order valence-electron chi connectivity index (χ3n) is 2.10. The molecule has 1 aromatic carbocycles. The molecular weight excluding hydrogens is 232 g/mol. The first kappa shape index (κ1) is 10.6. The van der Waals surface area contributed by atoms with Crippen molar-refractivity contribution in [3.63, 3.8) is 0 Å². The topological polar surface area (TPSA) is 81.0 Å². The molecule has 0 saturated carbocycles. The number of hydrogen-bond acceptors (Lipinski definition) is 5. The van der Waals surface area contributed by atoms with Crippen LogP contribution in [0.4, 0.5) is 11.5 Å². The van der Waals surface area contributed by atoms with E-state index in [-0.39, 0.29) is 11.0 Å². The lowest BCUT2D eigenvalue weighted by molar-refractivity contribution is -0.384. The minimum atomic E-state index is -0.465. The quantitative estimate of drug-likeness (QED) is 0.493. The number of aromatic nitrogens is 2. The second kappa shape index (κ2) is 3.90. The monoisotopic (exact) mass is 238 g/mol. The van der Waals surface area contributed by atoms with Gasteiger partial charge in [0.05, 0.1) is 10.4 Å². The van der Waals surface area contributed by atoms with Gasteiger partial charge in [-0.3, -0.25) is 10.1 Å². The molecule has 0 unspecified atom stereocenters. The highest BCUT2D eigenvalue weighted by Gasteiger charge is 2.11. The number of non-ortho nitro benzene ring substituents is 1. The van der Waals surface area contributed by atoms with Crippen LogP contribution in [0, 0.1) is 10.1 Å². The van der Waals surface area contributed by atoms with E-state index in [0.717, 1.165) is 0 Å². The Bertz CT molecular complexity index is 573. The smallest absolute Gasteiger partial charge is 0.270 e. The average Bonchev–Trinajstić information content (AvgIpc) is 2.27. The number of hydrogen-bond donors (Lipinski definition) is 1. The second-order valence-electron chi connectivity index (χ2n) is 3.05. The van der Waals surface area contributed by atoms with Crippen LogP contribution < -0.4 is 5.32 Å². The van der Waals surface area contributed by atoms with Gasteiger partial charge < -0.3 is 5.32 Å². The van der Waals surface area contributed by atoms with Crippen LogP contribution in [0.15, 0.2) is 18.2 Å². The van der Waals surface area contributed by atoms with Crippen LogP contribution in [-0.2, 0) is 0 Å². The molecule has 7 heteroatoms. The highest BCUT2D eigenvalue weighted by molar-refractivity contribution is 6.28. The van der Waals surface area contributed by atoms with Gasteiger partial charge >= 0.3 is 0 Å². The van der Waals surface area contributed by atoms with Gasteiger partial charge in [-0.25, -0.2) is 9.97 Å². The van der Waals surface area contributed by atoms with Gasteiger partial charge in [0, 0.05) is 24.6 Å². The molecule has 6 nitrogen and oxygen atoms in total. The molecule has 0 aliphatic heterocycles. The molecule has 2 aromatic rings. The number of benzene rings is 1. The first-order valence-electron chi connectivity index (χ1n) is 4.41. The summed E-state index contributed by atoms with van der Waals surface area (Å²) in [6.07, 6.45) is 0. The fourth-order valence-corrected chi connectivity index (χ4v) is 1.57. The third kappa shape index (κ3) is 1.74. The van der Waals surface area contributed by atoms with Crippen molar-refractivity contribution in [2.45, 2.75) is 0 Å². The molecule has 0 saturated heterocycles. The summed E-state index contributed by atoms with van der Waals surface area (Å²) < 4.78 is 0. The predicted octanol–water partition coefficient (Wildman–Crippen LogP) is 2.23. The van der Waals surface area contributed by atoms with E-state index < -0.39 is 4.92 Å². The molecule has 0 bridgehead atoms. The average molecular weight is 239 g/mol. The van der Waals surface area contributed by atoms with Crippen molar-refractivity contribution in [1.82, 2.24) is 9.97 Å². The molecule has 1 N–H and O–H groups in total. The van der Waals surface area contributed by atoms with Gasteiger partial charge in [-0.1, -0.05) is 0 Å². The van der Waals surface area contributed by atoms with Gasteiger partial charge in [0.2, 0.25) is 5.28 Å². The molecule has 16 heavy (non-hydrogen) atoms. The molecule has 0 atom stereocenters. The van der Waals surface area contributed by atoms with Crippen LogP contribution in [0.25, 0.3) is 10.9 Å². The van der Waals surface area contributed by atoms with E-state index in [0.29, 0.717) is 16.7 Å². The van der Waals surface area contributed by atoms with E-state index in [9.17, 15) is 10.1 Å². The zero-order chi connectivity index (χ0) is 11.7. The van der Waals surface area contributed by atoms with Crippen LogP contribution in [-0.4, -0.2) is 21.9 Å². The summed E-state index contributed by atoms with van der Waals surface area (Å²) in [6.45, 7) is 0. The van der Waals surface area contributed by atoms with Crippen LogP contribution in [0.3, 0.4) is 0 Å². The van der Waals surface area contributed by atoms with E-state index >= 15 is 0 Å². The van der Waals surface area contributed by atoms with Gasteiger partial charge in [0.1, 0.15) is 5.82 Å². The number of halogens is 1. The lowest BCUT2D eigenvalue weighted by atomic mass is 10.2. The summed E-state index contributed by atoms with van der Waals surface area (Å²) in [5.74, 6) is 0.471. The Hall–Kier alpha value is -1.95. The lowest BCUT2D eigenvalue weighted by Crippen LogP contribution is -1.97. The fourth-order valence-electron chi connectivity index (χ4n) is 1.39. The molecule has 1 heterocycles. The SMILES string of the molecule is CNc1nc(Cl)nc2ccc([N+](=O)[O-])cc12. The number of nitro groups is 1. The molecule has 0 aliphatic rings. The van der Waals surface area contributed by atoms with Crippen molar-refractivity contribution < 1.29 is 4.92 Å². The maximum atomic E-state index is 10.6. The van der Waals surface area contributed by atoms with Crippen molar-refractivity contribution in [3.8, 4) is 0 Å². The van der Waals surface area contributed by atoms with Crippen LogP contribution in [0.2, 0.25) is 5.28 Å². The zero-order valence-electron chi connectivity index (χ0n) is 8.27. The van der Waals surface area contributed by atoms with Gasteiger partial charge in [-0.05, 0) is 17.7 Å². The number of fused-ring (bicyclic) bond motifs is 1. The summed E-state index contributed by atoms with van der Waals surface area (Å²) in [4.78, 5) is 18.1. The Morgan fingerprint density at radius 1 is 1.44 bits per heavy atom. The standard InChI is InChI=1S/C9H7ClN4O2/c1-11-8-6-4-5(14(15)16)2-3-7(6)12-9(10)13-8/h2-4H,1H3,(H,11,12,13). The first-order chi connectivity index (χ1) is 7.61. The molecule has 82 valence electrons. The minimum Gasteiger partial charge on any atom is -0.372 e. The molecule has 2 rings (SSSR count). The molecule has 0 fully saturated rings. The first-order valence-corrected chi connectivity index (χ1v) is 4.79. The Balaban J connectivity index is 2.75. The Labute approximate surface area is 95.4 Å². The molecule has 0 amide bonds. The summed E-state index contributed by atoms with van der Waals surface area (Å²) in [7, 11) is 1.66. The van der Waals surface area contributed by atoms with E-state index in [1.54, 1.807) is 13.1 Å². The van der Waals surface area contributed by atoms with Crippen molar-refractivity contribution in [2.24, 2.45) is 0 Å². The van der Waals surface area contributed by atoms with Crippen molar-refractivity contribution >= 4 is 34.0 Å². The molecular formula is C9H7ClN4O2. The molecule has 0 radical (unpaired) electrons. The van der Waals surface area contributed by atoms with Crippen LogP contribution >= 0.6 is 11.6 Å². The highest BCUT2D eigenvalue weighted by atomic mass is 35.5. The Morgan fingerprint density at radius 3 is 2.81 bits per heavy atom. The molecule has 0 spiro atoms. The second-order valence-corrected chi connectivity index (χ2v) is 3.39. The highest BCUT2D eigenvalue weighted by Crippen LogP contribution is 2.25. The number of nitro benzene ring substituents is 1. The number of anilines is 1. The van der Waals surface area contributed by atoms with Gasteiger partial charge in [-0.2, -0.15) is 0 Å². The summed E-state index contributed by atoms with van der Waals surface area (Å²) >= 11 is 5.71. The summed E-state index contributed by atoms with van der Waals surface area (Å²) in [5.41, 5.74) is 0.560. The van der Waals surface area contributed by atoms with Gasteiger partial charge in [0.15, 0.2) is 0 Å². The molecule has 1 aromatic heterocycles. The molecule has 0 aliphatic carbocycles. The zero-order valence-corrected chi connectivity index (χ0v) is 9.02. The summed E-state index contributed by atoms with van der Waals surface area (Å²) in [5, 5.41) is 14.1. The number of nitrogens with zero attached hydrogens (tertiary/aromatic N) is 3. The van der Waals surface area contributed by atoms with Crippen LogP contribution in [0.1, 0.15) is 0 Å². The Kier molecular flexibility index (Phi) is 2.57. The maximum absolute atomic E-state index is 10.6. The third-order valence-corrected chi connectivity index (χ3v) is 2.27. The van der Waals surface area contributed by atoms with E-state index in [1.165, 1.54) is 12.1 Å². The van der Waals surface area contributed by atoms with Crippen LogP contribution in [0.5, 0.6) is 0 Å². The fraction of sp³-hybridized carbons (Fsp3) is 0.111. The normalized spacial score (nSPS) is 10.4. The predicted molar refractivity (Wildman–Crippen MR) is 60.7 cm³/mol. The number of rotatable bonds is 2. The van der Waals surface area contributed by atoms with Crippen molar-refractivity contribution in [2.75, 3.05) is 12.4 Å². The maximum Gasteiger partial charge on any atom is 0.270 e. The number of nitrogens with one attached hydrogen (secondary N) is 1. The minimum absolute atomic E-state index is 0.00470. The van der Waals surface area contributed by atoms with E-state index in [4.69, 9.17) is 11.6 Å². The summed E-state index contributed by atoms with van der Waals surface area (Å²) in [6, 6.07) is 4.34. The van der Waals surface area contributed by atoms with Gasteiger partial charge in [0.25, 0.3) is 5.69 Å². The largest absolute Gasteiger partial charge is 0.372 e. The van der Waals surface area contributed by atoms with Crippen molar-refractivity contribution in [1.29, 1.82) is 0 Å². The Morgan fingerprint density at radius 2 is 2.19 bits per heavy atom. The van der Waals surface area contributed by atoms with Crippen molar-refractivity contribution in [3.05, 3.63) is 33.6 Å². The van der Waals surface area contributed by atoms with E-state index in [1.807, 2.05) is 0 Å². The van der Waals surface area contributed by atoms with Gasteiger partial charge in [-0.15, -0.1) is 0 Å².